The van der Waals surface area contributed by atoms with Crippen molar-refractivity contribution in [1.82, 2.24) is 10.2 Å². The molecule has 196 valence electrons. The summed E-state index contributed by atoms with van der Waals surface area (Å²) in [7, 11) is 1.60. The number of methoxy groups -OCH3 is 1. The Kier molecular flexibility index (Phi) is 9.73. The summed E-state index contributed by atoms with van der Waals surface area (Å²) in [5.41, 5.74) is 1.22. The number of nitrogens with zero attached hydrogens (tertiary/aromatic N) is 1. The Bertz CT molecular complexity index is 974. The van der Waals surface area contributed by atoms with Crippen molar-refractivity contribution in [3.63, 3.8) is 0 Å². The summed E-state index contributed by atoms with van der Waals surface area (Å²) < 4.78 is 16.2. The number of aliphatic hydroxyl groups excluding tert-OH is 1. The number of likely N-dealkylation sites (tertiary alicyclic amines) is 1. The predicted octanol–water partition coefficient (Wildman–Crippen LogP) is 3.70. The van der Waals surface area contributed by atoms with Crippen LogP contribution in [-0.4, -0.2) is 66.1 Å². The second-order valence-corrected chi connectivity index (χ2v) is 10.1. The molecule has 0 saturated carbocycles. The highest BCUT2D eigenvalue weighted by Gasteiger charge is 2.36. The molecule has 1 fully saturated rings. The first-order chi connectivity index (χ1) is 17.1. The first-order valence-corrected chi connectivity index (χ1v) is 12.4. The molecule has 1 heterocycles. The molecule has 0 aromatic heterocycles. The minimum Gasteiger partial charge on any atom is -0.497 e. The van der Waals surface area contributed by atoms with Gasteiger partial charge in [-0.3, -0.25) is 9.69 Å². The quantitative estimate of drug-likeness (QED) is 0.482. The molecular formula is C28H38N2O6. The van der Waals surface area contributed by atoms with Gasteiger partial charge in [-0.25, -0.2) is 4.79 Å². The van der Waals surface area contributed by atoms with Crippen LogP contribution >= 0.6 is 0 Å². The Morgan fingerprint density at radius 3 is 2.42 bits per heavy atom. The summed E-state index contributed by atoms with van der Waals surface area (Å²) in [6, 6.07) is 15.8. The molecule has 1 saturated heterocycles. The number of hydrogen-bond donors (Lipinski definition) is 2. The van der Waals surface area contributed by atoms with E-state index < -0.39 is 29.9 Å². The van der Waals surface area contributed by atoms with E-state index in [1.807, 2.05) is 80.3 Å². The number of rotatable bonds is 10. The van der Waals surface area contributed by atoms with Gasteiger partial charge in [0.05, 0.1) is 19.3 Å². The first-order valence-electron chi connectivity index (χ1n) is 12.4. The van der Waals surface area contributed by atoms with Crippen molar-refractivity contribution in [2.75, 3.05) is 20.2 Å². The molecule has 1 aliphatic heterocycles. The Balaban J connectivity index is 1.67. The van der Waals surface area contributed by atoms with Gasteiger partial charge in [-0.05, 0) is 69.8 Å². The number of aliphatic hydroxyl groups is 1. The van der Waals surface area contributed by atoms with Gasteiger partial charge >= 0.3 is 12.1 Å². The SMILES string of the molecule is COc1ccc(C[C@H](NC(=O)OCc2ccccc2)[C@H](O)CN2CCC[C@H]2C(=O)OC(C)(C)C)cc1. The molecule has 2 aromatic carbocycles. The first kappa shape index (κ1) is 27.5. The minimum atomic E-state index is -0.931. The molecule has 3 rings (SSSR count). The summed E-state index contributed by atoms with van der Waals surface area (Å²) in [6.45, 7) is 6.56. The van der Waals surface area contributed by atoms with Crippen LogP contribution in [0, 0.1) is 0 Å². The van der Waals surface area contributed by atoms with E-state index in [0.717, 1.165) is 23.3 Å². The van der Waals surface area contributed by atoms with E-state index in [4.69, 9.17) is 14.2 Å². The van der Waals surface area contributed by atoms with Crippen molar-refractivity contribution >= 4 is 12.1 Å². The fraction of sp³-hybridized carbons (Fsp3) is 0.500. The largest absolute Gasteiger partial charge is 0.497 e. The van der Waals surface area contributed by atoms with E-state index in [1.54, 1.807) is 7.11 Å². The highest BCUT2D eigenvalue weighted by molar-refractivity contribution is 5.76. The molecule has 0 radical (unpaired) electrons. The van der Waals surface area contributed by atoms with Gasteiger partial charge in [0.15, 0.2) is 0 Å². The van der Waals surface area contributed by atoms with Crippen LogP contribution in [0.15, 0.2) is 54.6 Å². The Morgan fingerprint density at radius 2 is 1.78 bits per heavy atom. The number of ether oxygens (including phenoxy) is 3. The zero-order chi connectivity index (χ0) is 26.1. The number of alkyl carbamates (subject to hydrolysis) is 1. The number of carbonyl (C=O) groups excluding carboxylic acids is 2. The second kappa shape index (κ2) is 12.7. The van der Waals surface area contributed by atoms with Gasteiger partial charge in [0.25, 0.3) is 0 Å². The molecule has 8 heteroatoms. The van der Waals surface area contributed by atoms with E-state index in [9.17, 15) is 14.7 Å². The van der Waals surface area contributed by atoms with E-state index in [0.29, 0.717) is 19.4 Å². The van der Waals surface area contributed by atoms with Crippen LogP contribution in [0.1, 0.15) is 44.7 Å². The van der Waals surface area contributed by atoms with E-state index in [-0.39, 0.29) is 19.1 Å². The third kappa shape index (κ3) is 8.53. The summed E-state index contributed by atoms with van der Waals surface area (Å²) in [5.74, 6) is 0.442. The minimum absolute atomic E-state index is 0.130. The number of β-amino-alcohol motifs (C(OH)–C–C–N with tert-alkyl or cyclic N) is 1. The third-order valence-electron chi connectivity index (χ3n) is 6.06. The lowest BCUT2D eigenvalue weighted by Crippen LogP contribution is -2.51. The maximum atomic E-state index is 12.7. The zero-order valence-corrected chi connectivity index (χ0v) is 21.6. The van der Waals surface area contributed by atoms with Gasteiger partial charge in [-0.1, -0.05) is 42.5 Å². The molecule has 1 aliphatic rings. The Hall–Kier alpha value is -3.10. The molecular weight excluding hydrogens is 460 g/mol. The number of benzene rings is 2. The van der Waals surface area contributed by atoms with Crippen LogP contribution in [0.25, 0.3) is 0 Å². The lowest BCUT2D eigenvalue weighted by molar-refractivity contribution is -0.160. The van der Waals surface area contributed by atoms with Gasteiger partial charge in [-0.15, -0.1) is 0 Å². The highest BCUT2D eigenvalue weighted by Crippen LogP contribution is 2.22. The smallest absolute Gasteiger partial charge is 0.407 e. The van der Waals surface area contributed by atoms with Crippen LogP contribution in [-0.2, 0) is 27.3 Å². The maximum Gasteiger partial charge on any atom is 0.407 e. The van der Waals surface area contributed by atoms with Crippen molar-refractivity contribution in [2.24, 2.45) is 0 Å². The number of esters is 1. The second-order valence-electron chi connectivity index (χ2n) is 10.1. The van der Waals surface area contributed by atoms with Crippen LogP contribution < -0.4 is 10.1 Å². The van der Waals surface area contributed by atoms with E-state index in [1.165, 1.54) is 0 Å². The molecule has 0 unspecified atom stereocenters. The number of carbonyl (C=O) groups is 2. The van der Waals surface area contributed by atoms with Crippen LogP contribution in [0.5, 0.6) is 5.75 Å². The molecule has 2 aromatic rings. The summed E-state index contributed by atoms with van der Waals surface area (Å²) >= 11 is 0. The fourth-order valence-corrected chi connectivity index (χ4v) is 4.26. The summed E-state index contributed by atoms with van der Waals surface area (Å²) in [5, 5.41) is 14.0. The molecule has 36 heavy (non-hydrogen) atoms. The van der Waals surface area contributed by atoms with Crippen LogP contribution in [0.2, 0.25) is 0 Å². The van der Waals surface area contributed by atoms with Crippen molar-refractivity contribution in [3.05, 3.63) is 65.7 Å². The number of amides is 1. The highest BCUT2D eigenvalue weighted by atomic mass is 16.6. The average molecular weight is 499 g/mol. The molecule has 8 nitrogen and oxygen atoms in total. The summed E-state index contributed by atoms with van der Waals surface area (Å²) in [4.78, 5) is 27.3. The maximum absolute atomic E-state index is 12.7. The van der Waals surface area contributed by atoms with Crippen molar-refractivity contribution in [3.8, 4) is 5.75 Å². The Labute approximate surface area is 213 Å². The predicted molar refractivity (Wildman–Crippen MR) is 137 cm³/mol. The van der Waals surface area contributed by atoms with Crippen molar-refractivity contribution in [2.45, 2.75) is 70.4 Å². The average Bonchev–Trinajstić information content (AvgIpc) is 3.30. The number of hydrogen-bond acceptors (Lipinski definition) is 7. The van der Waals surface area contributed by atoms with Gasteiger partial charge in [0.1, 0.15) is 24.0 Å². The molecule has 0 spiro atoms. The lowest BCUT2D eigenvalue weighted by atomic mass is 10.0. The van der Waals surface area contributed by atoms with Gasteiger partial charge in [-0.2, -0.15) is 0 Å². The third-order valence-corrected chi connectivity index (χ3v) is 6.06. The Morgan fingerprint density at radius 1 is 1.08 bits per heavy atom. The molecule has 1 amide bonds. The van der Waals surface area contributed by atoms with Crippen molar-refractivity contribution in [1.29, 1.82) is 0 Å². The van der Waals surface area contributed by atoms with Gasteiger partial charge < -0.3 is 24.6 Å². The van der Waals surface area contributed by atoms with E-state index in [2.05, 4.69) is 5.32 Å². The van der Waals surface area contributed by atoms with Gasteiger partial charge in [0.2, 0.25) is 0 Å². The topological polar surface area (TPSA) is 97.3 Å². The molecule has 2 N–H and O–H groups in total. The lowest BCUT2D eigenvalue weighted by Gasteiger charge is -2.31. The van der Waals surface area contributed by atoms with E-state index >= 15 is 0 Å². The fourth-order valence-electron chi connectivity index (χ4n) is 4.26. The number of nitrogens with one attached hydrogen (secondary N) is 1. The van der Waals surface area contributed by atoms with Crippen molar-refractivity contribution < 1.29 is 28.9 Å². The monoisotopic (exact) mass is 498 g/mol. The summed E-state index contributed by atoms with van der Waals surface area (Å²) in [6.07, 6.45) is 0.362. The standard InChI is InChI=1S/C28H38N2O6/c1-28(2,3)36-26(32)24-11-8-16-30(24)18-25(31)23(17-20-12-14-22(34-4)15-13-20)29-27(33)35-19-21-9-6-5-7-10-21/h5-7,9-10,12-15,23-25,31H,8,11,16-19H2,1-4H3,(H,29,33)/t23-,24-,25+/m0/s1. The van der Waals surface area contributed by atoms with Crippen LogP contribution in [0.4, 0.5) is 4.79 Å². The molecule has 3 atom stereocenters. The normalized spacial score (nSPS) is 17.8. The van der Waals surface area contributed by atoms with Gasteiger partial charge in [0, 0.05) is 6.54 Å². The van der Waals surface area contributed by atoms with Crippen LogP contribution in [0.3, 0.4) is 0 Å². The molecule has 0 bridgehead atoms. The zero-order valence-electron chi connectivity index (χ0n) is 21.6. The molecule has 0 aliphatic carbocycles.